The highest BCUT2D eigenvalue weighted by molar-refractivity contribution is 14.1. The van der Waals surface area contributed by atoms with Crippen molar-refractivity contribution in [2.24, 2.45) is 0 Å². The van der Waals surface area contributed by atoms with Gasteiger partial charge >= 0.3 is 0 Å². The molecule has 0 aliphatic rings. The van der Waals surface area contributed by atoms with Crippen LogP contribution in [0.15, 0.2) is 42.5 Å². The van der Waals surface area contributed by atoms with Gasteiger partial charge < -0.3 is 0 Å². The molecule has 3 aromatic rings. The van der Waals surface area contributed by atoms with Crippen molar-refractivity contribution in [3.05, 3.63) is 62.3 Å². The Morgan fingerprint density at radius 3 is 2.79 bits per heavy atom. The molecule has 0 saturated heterocycles. The Kier molecular flexibility index (Phi) is 3.50. The average molecular weight is 383 g/mol. The quantitative estimate of drug-likeness (QED) is 0.590. The highest BCUT2D eigenvalue weighted by Gasteiger charge is 2.08. The Bertz CT molecular complexity index is 749. The average Bonchev–Trinajstić information content (AvgIpc) is 2.71. The van der Waals surface area contributed by atoms with E-state index in [1.54, 1.807) is 0 Å². The molecule has 0 radical (unpaired) electrons. The Hall–Kier alpha value is -1.07. The molecule has 0 saturated carbocycles. The molecule has 0 atom stereocenters. The minimum absolute atomic E-state index is 0.768. The van der Waals surface area contributed by atoms with Crippen LogP contribution in [0, 0.1) is 10.5 Å². The summed E-state index contributed by atoms with van der Waals surface area (Å²) in [7, 11) is 0. The maximum Gasteiger partial charge on any atom is 0.0689 e. The number of para-hydroxylation sites is 1. The smallest absolute Gasteiger partial charge is 0.0689 e. The fourth-order valence-electron chi connectivity index (χ4n) is 2.23. The van der Waals surface area contributed by atoms with Crippen LogP contribution in [0.5, 0.6) is 0 Å². The number of aromatic nitrogens is 2. The number of aryl methyl sites for hydroxylation is 1. The summed E-state index contributed by atoms with van der Waals surface area (Å²) in [5.41, 5.74) is 3.48. The van der Waals surface area contributed by atoms with Gasteiger partial charge in [0.15, 0.2) is 0 Å². The summed E-state index contributed by atoms with van der Waals surface area (Å²) in [5, 5.41) is 6.62. The number of fused-ring (bicyclic) bond motifs is 1. The lowest BCUT2D eigenvalue weighted by Gasteiger charge is -2.06. The number of benzene rings is 2. The molecule has 3 rings (SSSR count). The van der Waals surface area contributed by atoms with E-state index in [0.29, 0.717) is 0 Å². The van der Waals surface area contributed by atoms with Crippen molar-refractivity contribution in [2.45, 2.75) is 13.5 Å². The molecule has 4 heteroatoms. The van der Waals surface area contributed by atoms with E-state index in [4.69, 9.17) is 11.6 Å². The molecule has 0 amide bonds. The van der Waals surface area contributed by atoms with Gasteiger partial charge in [0.1, 0.15) is 0 Å². The van der Waals surface area contributed by atoms with Gasteiger partial charge in [0.25, 0.3) is 0 Å². The fraction of sp³-hybridized carbons (Fsp3) is 0.133. The lowest BCUT2D eigenvalue weighted by atomic mass is 10.2. The van der Waals surface area contributed by atoms with Crippen LogP contribution in [0.3, 0.4) is 0 Å². The number of rotatable bonds is 2. The number of nitrogens with zero attached hydrogens (tertiary/aromatic N) is 2. The van der Waals surface area contributed by atoms with Gasteiger partial charge in [-0.2, -0.15) is 5.10 Å². The Labute approximate surface area is 130 Å². The summed E-state index contributed by atoms with van der Waals surface area (Å²) in [6.45, 7) is 2.81. The first-order chi connectivity index (χ1) is 9.15. The van der Waals surface area contributed by atoms with Crippen molar-refractivity contribution < 1.29 is 0 Å². The zero-order valence-corrected chi connectivity index (χ0v) is 13.3. The Morgan fingerprint density at radius 2 is 2.00 bits per heavy atom. The summed E-state index contributed by atoms with van der Waals surface area (Å²) in [4.78, 5) is 0. The van der Waals surface area contributed by atoms with Gasteiger partial charge in [-0.15, -0.1) is 0 Å². The summed E-state index contributed by atoms with van der Waals surface area (Å²) in [6.07, 6.45) is 0. The third-order valence-electron chi connectivity index (χ3n) is 3.18. The van der Waals surface area contributed by atoms with Crippen LogP contribution in [-0.2, 0) is 6.54 Å². The third-order valence-corrected chi connectivity index (χ3v) is 4.42. The van der Waals surface area contributed by atoms with E-state index in [2.05, 4.69) is 50.6 Å². The van der Waals surface area contributed by atoms with Crippen molar-refractivity contribution in [3.8, 4) is 0 Å². The molecule has 0 N–H and O–H groups in total. The maximum absolute atomic E-state index is 5.99. The zero-order chi connectivity index (χ0) is 13.4. The maximum atomic E-state index is 5.99. The second-order valence-electron chi connectivity index (χ2n) is 4.50. The molecule has 0 spiro atoms. The van der Waals surface area contributed by atoms with Gasteiger partial charge in [0.2, 0.25) is 0 Å². The molecule has 0 unspecified atom stereocenters. The van der Waals surface area contributed by atoms with E-state index >= 15 is 0 Å². The van der Waals surface area contributed by atoms with E-state index in [0.717, 1.165) is 17.3 Å². The van der Waals surface area contributed by atoms with Gasteiger partial charge in [-0.1, -0.05) is 35.9 Å². The molecule has 2 nitrogen and oxygen atoms in total. The van der Waals surface area contributed by atoms with Crippen molar-refractivity contribution in [1.82, 2.24) is 9.78 Å². The van der Waals surface area contributed by atoms with Crippen LogP contribution < -0.4 is 0 Å². The van der Waals surface area contributed by atoms with Crippen LogP contribution >= 0.6 is 34.2 Å². The topological polar surface area (TPSA) is 17.8 Å². The predicted molar refractivity (Wildman–Crippen MR) is 87.7 cm³/mol. The van der Waals surface area contributed by atoms with Crippen molar-refractivity contribution in [3.63, 3.8) is 0 Å². The normalized spacial score (nSPS) is 11.1. The summed E-state index contributed by atoms with van der Waals surface area (Å²) >= 11 is 8.31. The molecular formula is C15H12ClIN2. The van der Waals surface area contributed by atoms with Crippen LogP contribution in [0.25, 0.3) is 10.9 Å². The molecule has 19 heavy (non-hydrogen) atoms. The van der Waals surface area contributed by atoms with E-state index in [9.17, 15) is 0 Å². The van der Waals surface area contributed by atoms with Gasteiger partial charge in [0, 0.05) is 14.0 Å². The van der Waals surface area contributed by atoms with E-state index in [1.165, 1.54) is 20.0 Å². The molecule has 0 aliphatic heterocycles. The highest BCUT2D eigenvalue weighted by Crippen LogP contribution is 2.22. The van der Waals surface area contributed by atoms with Crippen molar-refractivity contribution >= 4 is 45.1 Å². The van der Waals surface area contributed by atoms with Gasteiger partial charge in [-0.05, 0) is 53.3 Å². The molecule has 2 aromatic carbocycles. The van der Waals surface area contributed by atoms with E-state index in [-0.39, 0.29) is 0 Å². The zero-order valence-electron chi connectivity index (χ0n) is 10.4. The molecule has 1 aromatic heterocycles. The highest BCUT2D eigenvalue weighted by atomic mass is 127. The van der Waals surface area contributed by atoms with Crippen molar-refractivity contribution in [2.75, 3.05) is 0 Å². The molecule has 0 bridgehead atoms. The molecule has 1 heterocycles. The minimum atomic E-state index is 0.768. The fourth-order valence-corrected chi connectivity index (χ4v) is 3.27. The van der Waals surface area contributed by atoms with Crippen LogP contribution in [0.2, 0.25) is 5.02 Å². The summed E-state index contributed by atoms with van der Waals surface area (Å²) in [6, 6.07) is 14.3. The predicted octanol–water partition coefficient (Wildman–Crippen LogP) is 4.65. The van der Waals surface area contributed by atoms with Gasteiger partial charge in [0.05, 0.1) is 17.8 Å². The van der Waals surface area contributed by atoms with E-state index < -0.39 is 0 Å². The second kappa shape index (κ2) is 5.13. The molecule has 0 aliphatic carbocycles. The number of halogens is 2. The first kappa shape index (κ1) is 12.9. The third kappa shape index (κ3) is 2.49. The number of hydrogen-bond donors (Lipinski definition) is 0. The minimum Gasteiger partial charge on any atom is -0.260 e. The SMILES string of the molecule is Cc1nn(Cc2ccc(Cl)cc2I)c2ccccc12. The summed E-state index contributed by atoms with van der Waals surface area (Å²) in [5.74, 6) is 0. The Balaban J connectivity index is 2.06. The van der Waals surface area contributed by atoms with Crippen LogP contribution in [0.1, 0.15) is 11.3 Å². The monoisotopic (exact) mass is 382 g/mol. The molecule has 96 valence electrons. The molecular weight excluding hydrogens is 371 g/mol. The van der Waals surface area contributed by atoms with Gasteiger partial charge in [-0.3, -0.25) is 4.68 Å². The first-order valence-electron chi connectivity index (χ1n) is 6.01. The van der Waals surface area contributed by atoms with Crippen LogP contribution in [-0.4, -0.2) is 9.78 Å². The second-order valence-corrected chi connectivity index (χ2v) is 6.09. The Morgan fingerprint density at radius 1 is 1.21 bits per heavy atom. The lowest BCUT2D eigenvalue weighted by Crippen LogP contribution is -2.03. The van der Waals surface area contributed by atoms with E-state index in [1.807, 2.05) is 31.2 Å². The summed E-state index contributed by atoms with van der Waals surface area (Å²) < 4.78 is 3.22. The lowest BCUT2D eigenvalue weighted by molar-refractivity contribution is 0.701. The van der Waals surface area contributed by atoms with Gasteiger partial charge in [-0.25, -0.2) is 0 Å². The standard InChI is InChI=1S/C15H12ClIN2/c1-10-13-4-2-3-5-15(13)19(18-10)9-11-6-7-12(16)8-14(11)17/h2-8H,9H2,1H3. The number of hydrogen-bond acceptors (Lipinski definition) is 1. The molecule has 0 fully saturated rings. The van der Waals surface area contributed by atoms with Crippen molar-refractivity contribution in [1.29, 1.82) is 0 Å². The largest absolute Gasteiger partial charge is 0.260 e. The van der Waals surface area contributed by atoms with Crippen LogP contribution in [0.4, 0.5) is 0 Å². The first-order valence-corrected chi connectivity index (χ1v) is 7.47.